The van der Waals surface area contributed by atoms with E-state index >= 15 is 0 Å². The average Bonchev–Trinajstić information content (AvgIpc) is 3.57. The van der Waals surface area contributed by atoms with Gasteiger partial charge in [-0.05, 0) is 55.7 Å². The van der Waals surface area contributed by atoms with Gasteiger partial charge in [0, 0.05) is 18.8 Å². The summed E-state index contributed by atoms with van der Waals surface area (Å²) in [4.78, 5) is 23.2. The number of hydrogen-bond acceptors (Lipinski definition) is 6. The summed E-state index contributed by atoms with van der Waals surface area (Å²) in [6, 6.07) is 4.02. The summed E-state index contributed by atoms with van der Waals surface area (Å²) in [5.74, 6) is -1.27. The highest BCUT2D eigenvalue weighted by Gasteiger charge is 2.35. The molecule has 0 spiro atoms. The summed E-state index contributed by atoms with van der Waals surface area (Å²) in [6.07, 6.45) is 5.76. The Morgan fingerprint density at radius 2 is 2.06 bits per heavy atom. The molecule has 1 aromatic carbocycles. The Morgan fingerprint density at radius 3 is 2.67 bits per heavy atom. The van der Waals surface area contributed by atoms with E-state index in [2.05, 4.69) is 5.32 Å². The SMILES string of the molecule is CC[C@](O)(CC(C=CCC1CCC(=O)NC1=O)S(N)(=O)=O)c1ccc(F)c(OCC2CC2)c1. The molecule has 0 bridgehead atoms. The molecule has 2 amide bonds. The average molecular weight is 483 g/mol. The van der Waals surface area contributed by atoms with Crippen molar-refractivity contribution in [3.05, 3.63) is 41.7 Å². The molecular formula is C23H31FN2O6S. The zero-order valence-electron chi connectivity index (χ0n) is 18.6. The third-order valence-electron chi connectivity index (χ3n) is 6.31. The number of allylic oxidation sites excluding steroid dienone is 1. The fraction of sp³-hybridized carbons (Fsp3) is 0.565. The van der Waals surface area contributed by atoms with Crippen molar-refractivity contribution in [2.75, 3.05) is 6.61 Å². The Kier molecular flexibility index (Phi) is 7.92. The van der Waals surface area contributed by atoms with E-state index in [1.165, 1.54) is 24.3 Å². The topological polar surface area (TPSA) is 136 Å². The minimum absolute atomic E-state index is 0.0202. The standard InChI is InChI=1S/C23H31FN2O6S/c1-2-23(29,17-9-10-19(24)20(12-17)32-14-15-6-7-15)13-18(33(25,30)31)5-3-4-16-8-11-21(27)26-22(16)28/h3,5,9-10,12,15-16,18,29H,2,4,6-8,11,13-14H2,1H3,(H2,25,30,31)(H,26,27,28)/t16?,18?,23-/m0/s1. The lowest BCUT2D eigenvalue weighted by Crippen LogP contribution is -2.40. The summed E-state index contributed by atoms with van der Waals surface area (Å²) in [5, 5.41) is 17.8. The molecule has 182 valence electrons. The summed E-state index contributed by atoms with van der Waals surface area (Å²) in [5.41, 5.74) is -1.26. The molecule has 1 saturated carbocycles. The van der Waals surface area contributed by atoms with Crippen LogP contribution in [0.2, 0.25) is 0 Å². The van der Waals surface area contributed by atoms with Crippen LogP contribution in [0.25, 0.3) is 0 Å². The molecule has 1 aromatic rings. The number of benzene rings is 1. The Bertz CT molecular complexity index is 1020. The maximum absolute atomic E-state index is 14.2. The number of carbonyl (C=O) groups excluding carboxylic acids is 2. The van der Waals surface area contributed by atoms with Crippen LogP contribution in [0, 0.1) is 17.7 Å². The van der Waals surface area contributed by atoms with Crippen molar-refractivity contribution in [3.8, 4) is 5.75 Å². The van der Waals surface area contributed by atoms with Crippen molar-refractivity contribution in [2.45, 2.75) is 62.7 Å². The lowest BCUT2D eigenvalue weighted by Gasteiger charge is -2.30. The van der Waals surface area contributed by atoms with Crippen LogP contribution in [-0.2, 0) is 25.2 Å². The fourth-order valence-electron chi connectivity index (χ4n) is 3.85. The van der Waals surface area contributed by atoms with Crippen LogP contribution in [0.5, 0.6) is 5.75 Å². The molecule has 1 saturated heterocycles. The first-order valence-corrected chi connectivity index (χ1v) is 12.8. The van der Waals surface area contributed by atoms with E-state index in [0.717, 1.165) is 12.8 Å². The number of piperidine rings is 1. The number of carbonyl (C=O) groups is 2. The summed E-state index contributed by atoms with van der Waals surface area (Å²) in [6.45, 7) is 2.09. The number of sulfonamides is 1. The predicted molar refractivity (Wildman–Crippen MR) is 120 cm³/mol. The molecule has 3 rings (SSSR count). The number of amides is 2. The Labute approximate surface area is 193 Å². The third kappa shape index (κ3) is 6.84. The Morgan fingerprint density at radius 1 is 1.33 bits per heavy atom. The second-order valence-corrected chi connectivity index (χ2v) is 10.7. The number of ether oxygens (including phenoxy) is 1. The molecule has 1 aliphatic heterocycles. The van der Waals surface area contributed by atoms with Crippen molar-refractivity contribution in [3.63, 3.8) is 0 Å². The van der Waals surface area contributed by atoms with Crippen LogP contribution in [-0.4, -0.2) is 37.2 Å². The maximum Gasteiger partial charge on any atom is 0.229 e. The van der Waals surface area contributed by atoms with Crippen LogP contribution in [0.4, 0.5) is 4.39 Å². The number of imide groups is 1. The lowest BCUT2D eigenvalue weighted by atomic mass is 9.86. The van der Waals surface area contributed by atoms with Crippen LogP contribution in [0.3, 0.4) is 0 Å². The zero-order chi connectivity index (χ0) is 24.2. The quantitative estimate of drug-likeness (QED) is 0.327. The van der Waals surface area contributed by atoms with Gasteiger partial charge >= 0.3 is 0 Å². The molecule has 0 aromatic heterocycles. The van der Waals surface area contributed by atoms with Crippen molar-refractivity contribution in [2.24, 2.45) is 17.0 Å². The van der Waals surface area contributed by atoms with Gasteiger partial charge in [0.05, 0.1) is 17.5 Å². The highest BCUT2D eigenvalue weighted by molar-refractivity contribution is 7.89. The third-order valence-corrected chi connectivity index (χ3v) is 7.48. The second-order valence-electron chi connectivity index (χ2n) is 8.93. The predicted octanol–water partition coefficient (Wildman–Crippen LogP) is 2.26. The number of rotatable bonds is 11. The van der Waals surface area contributed by atoms with Crippen molar-refractivity contribution < 1.29 is 32.2 Å². The molecular weight excluding hydrogens is 451 g/mol. The molecule has 2 unspecified atom stereocenters. The van der Waals surface area contributed by atoms with E-state index in [0.29, 0.717) is 24.5 Å². The van der Waals surface area contributed by atoms with Crippen LogP contribution in [0.1, 0.15) is 57.4 Å². The highest BCUT2D eigenvalue weighted by atomic mass is 32.2. The molecule has 3 atom stereocenters. The second kappa shape index (κ2) is 10.3. The van der Waals surface area contributed by atoms with E-state index in [9.17, 15) is 27.5 Å². The molecule has 4 N–H and O–H groups in total. The summed E-state index contributed by atoms with van der Waals surface area (Å²) < 4.78 is 44.3. The molecule has 8 nitrogen and oxygen atoms in total. The number of nitrogens with one attached hydrogen (secondary N) is 1. The Hall–Kier alpha value is -2.30. The zero-order valence-corrected chi connectivity index (χ0v) is 19.4. The number of primary sulfonamides is 1. The van der Waals surface area contributed by atoms with Gasteiger partial charge in [-0.3, -0.25) is 14.9 Å². The smallest absolute Gasteiger partial charge is 0.229 e. The minimum Gasteiger partial charge on any atom is -0.490 e. The minimum atomic E-state index is -4.08. The first-order valence-electron chi connectivity index (χ1n) is 11.2. The van der Waals surface area contributed by atoms with Crippen LogP contribution in [0.15, 0.2) is 30.4 Å². The van der Waals surface area contributed by atoms with E-state index in [-0.39, 0.29) is 37.3 Å². The normalized spacial score (nSPS) is 22.1. The van der Waals surface area contributed by atoms with E-state index in [1.54, 1.807) is 13.0 Å². The van der Waals surface area contributed by atoms with Gasteiger partial charge in [0.2, 0.25) is 21.8 Å². The van der Waals surface area contributed by atoms with Gasteiger partial charge in [0.15, 0.2) is 11.6 Å². The highest BCUT2D eigenvalue weighted by Crippen LogP contribution is 2.36. The van der Waals surface area contributed by atoms with Gasteiger partial charge < -0.3 is 9.84 Å². The Balaban J connectivity index is 1.75. The van der Waals surface area contributed by atoms with Gasteiger partial charge in [0.1, 0.15) is 0 Å². The summed E-state index contributed by atoms with van der Waals surface area (Å²) >= 11 is 0. The van der Waals surface area contributed by atoms with E-state index in [1.807, 2.05) is 0 Å². The van der Waals surface area contributed by atoms with Crippen LogP contribution < -0.4 is 15.2 Å². The lowest BCUT2D eigenvalue weighted by molar-refractivity contribution is -0.136. The van der Waals surface area contributed by atoms with Crippen molar-refractivity contribution in [1.82, 2.24) is 5.32 Å². The van der Waals surface area contributed by atoms with Gasteiger partial charge in [-0.15, -0.1) is 0 Å². The summed E-state index contributed by atoms with van der Waals surface area (Å²) in [7, 11) is -4.08. The molecule has 1 aliphatic carbocycles. The van der Waals surface area contributed by atoms with Gasteiger partial charge in [-0.25, -0.2) is 17.9 Å². The molecule has 0 radical (unpaired) electrons. The monoisotopic (exact) mass is 482 g/mol. The number of halogens is 1. The van der Waals surface area contributed by atoms with Crippen molar-refractivity contribution in [1.29, 1.82) is 0 Å². The molecule has 2 fully saturated rings. The van der Waals surface area contributed by atoms with Gasteiger partial charge in [-0.1, -0.05) is 25.1 Å². The van der Waals surface area contributed by atoms with Gasteiger partial charge in [0.25, 0.3) is 0 Å². The van der Waals surface area contributed by atoms with E-state index < -0.39 is 38.5 Å². The molecule has 33 heavy (non-hydrogen) atoms. The fourth-order valence-corrected chi connectivity index (χ4v) is 4.68. The largest absolute Gasteiger partial charge is 0.490 e. The number of aliphatic hydroxyl groups is 1. The van der Waals surface area contributed by atoms with Crippen molar-refractivity contribution >= 4 is 21.8 Å². The molecule has 1 heterocycles. The molecule has 2 aliphatic rings. The molecule has 10 heteroatoms. The number of hydrogen-bond donors (Lipinski definition) is 3. The van der Waals surface area contributed by atoms with Crippen LogP contribution >= 0.6 is 0 Å². The van der Waals surface area contributed by atoms with Gasteiger partial charge in [-0.2, -0.15) is 0 Å². The number of nitrogens with two attached hydrogens (primary N) is 1. The van der Waals surface area contributed by atoms with E-state index in [4.69, 9.17) is 9.88 Å². The first-order chi connectivity index (χ1) is 15.5. The first kappa shape index (κ1) is 25.3. The maximum atomic E-state index is 14.2.